The molecule has 0 N–H and O–H groups in total. The third-order valence-corrected chi connectivity index (χ3v) is 2.65. The average molecular weight is 206 g/mol. The molecule has 2 heterocycles. The molecule has 0 radical (unpaired) electrons. The first-order valence-corrected chi connectivity index (χ1v) is 5.22. The summed E-state index contributed by atoms with van der Waals surface area (Å²) in [7, 11) is 0. The van der Waals surface area contributed by atoms with Gasteiger partial charge in [-0.25, -0.2) is 4.98 Å². The predicted octanol–water partition coefficient (Wildman–Crippen LogP) is 1.87. The van der Waals surface area contributed by atoms with Crippen LogP contribution in [0.25, 0.3) is 10.7 Å². The smallest absolute Gasteiger partial charge is 0.167 e. The highest BCUT2D eigenvalue weighted by molar-refractivity contribution is 7.14. The van der Waals surface area contributed by atoms with E-state index in [1.165, 1.54) is 11.3 Å². The molecule has 0 aliphatic carbocycles. The summed E-state index contributed by atoms with van der Waals surface area (Å²) in [5.74, 6) is 0. The molecule has 0 amide bonds. The van der Waals surface area contributed by atoms with Crippen molar-refractivity contribution in [2.24, 2.45) is 0 Å². The molecule has 5 heteroatoms. The molecule has 4 nitrogen and oxygen atoms in total. The van der Waals surface area contributed by atoms with E-state index in [1.807, 2.05) is 6.92 Å². The van der Waals surface area contributed by atoms with Crippen molar-refractivity contribution < 1.29 is 0 Å². The maximum absolute atomic E-state index is 4.42. The van der Waals surface area contributed by atoms with Gasteiger partial charge in [0.1, 0.15) is 10.7 Å². The Morgan fingerprint density at radius 3 is 2.79 bits per heavy atom. The lowest BCUT2D eigenvalue weighted by Crippen LogP contribution is -1.91. The van der Waals surface area contributed by atoms with E-state index < -0.39 is 0 Å². The molecule has 0 fully saturated rings. The molecule has 0 atom stereocenters. The second kappa shape index (κ2) is 3.79. The van der Waals surface area contributed by atoms with Gasteiger partial charge in [0.15, 0.2) is 5.01 Å². The first kappa shape index (κ1) is 9.21. The van der Waals surface area contributed by atoms with Crippen molar-refractivity contribution in [3.05, 3.63) is 23.1 Å². The van der Waals surface area contributed by atoms with Crippen LogP contribution in [0.5, 0.6) is 0 Å². The Kier molecular flexibility index (Phi) is 2.49. The van der Waals surface area contributed by atoms with Crippen LogP contribution in [0, 0.1) is 6.92 Å². The molecule has 0 aliphatic heterocycles. The minimum Gasteiger partial charge on any atom is -0.260 e. The Morgan fingerprint density at radius 2 is 2.14 bits per heavy atom. The van der Waals surface area contributed by atoms with Crippen LogP contribution >= 0.6 is 11.3 Å². The van der Waals surface area contributed by atoms with E-state index in [2.05, 4.69) is 27.1 Å². The van der Waals surface area contributed by atoms with Gasteiger partial charge < -0.3 is 0 Å². The van der Waals surface area contributed by atoms with Gasteiger partial charge >= 0.3 is 0 Å². The lowest BCUT2D eigenvalue weighted by atomic mass is 10.3. The monoisotopic (exact) mass is 206 g/mol. The minimum absolute atomic E-state index is 0.815. The fourth-order valence-electron chi connectivity index (χ4n) is 1.08. The fraction of sp³-hybridized carbons (Fsp3) is 0.333. The molecule has 0 unspecified atom stereocenters. The number of aromatic nitrogens is 4. The summed E-state index contributed by atoms with van der Waals surface area (Å²) in [4.78, 5) is 8.54. The molecule has 0 saturated carbocycles. The lowest BCUT2D eigenvalue weighted by Gasteiger charge is -1.96. The summed E-state index contributed by atoms with van der Waals surface area (Å²) < 4.78 is 0. The Bertz CT molecular complexity index is 438. The van der Waals surface area contributed by atoms with E-state index in [9.17, 15) is 0 Å². The van der Waals surface area contributed by atoms with Gasteiger partial charge in [0.05, 0.1) is 11.9 Å². The van der Waals surface area contributed by atoms with E-state index in [4.69, 9.17) is 0 Å². The zero-order chi connectivity index (χ0) is 9.97. The summed E-state index contributed by atoms with van der Waals surface area (Å²) in [6.07, 6.45) is 4.38. The third kappa shape index (κ3) is 1.77. The van der Waals surface area contributed by atoms with Gasteiger partial charge in [-0.15, -0.1) is 10.2 Å². The predicted molar refractivity (Wildman–Crippen MR) is 55.1 cm³/mol. The Balaban J connectivity index is 2.41. The second-order valence-electron chi connectivity index (χ2n) is 2.88. The highest BCUT2D eigenvalue weighted by Crippen LogP contribution is 2.20. The van der Waals surface area contributed by atoms with Crippen molar-refractivity contribution in [3.8, 4) is 10.7 Å². The van der Waals surface area contributed by atoms with Gasteiger partial charge in [-0.2, -0.15) is 0 Å². The normalized spacial score (nSPS) is 10.4. The topological polar surface area (TPSA) is 51.6 Å². The van der Waals surface area contributed by atoms with Crippen molar-refractivity contribution in [1.82, 2.24) is 20.2 Å². The maximum Gasteiger partial charge on any atom is 0.167 e. The fourth-order valence-corrected chi connectivity index (χ4v) is 1.73. The van der Waals surface area contributed by atoms with Crippen LogP contribution in [0.1, 0.15) is 17.6 Å². The first-order chi connectivity index (χ1) is 6.79. The van der Waals surface area contributed by atoms with Crippen LogP contribution in [-0.2, 0) is 6.42 Å². The van der Waals surface area contributed by atoms with Gasteiger partial charge in [0.25, 0.3) is 0 Å². The Labute approximate surface area is 86.1 Å². The zero-order valence-corrected chi connectivity index (χ0v) is 8.88. The molecular formula is C9H10N4S. The average Bonchev–Trinajstić information content (AvgIpc) is 2.65. The molecule has 0 bridgehead atoms. The number of hydrogen-bond acceptors (Lipinski definition) is 5. The number of hydrogen-bond donors (Lipinski definition) is 0. The van der Waals surface area contributed by atoms with E-state index in [1.54, 1.807) is 12.4 Å². The Morgan fingerprint density at radius 1 is 1.29 bits per heavy atom. The van der Waals surface area contributed by atoms with Gasteiger partial charge in [-0.1, -0.05) is 18.3 Å². The number of nitrogens with zero attached hydrogens (tertiary/aromatic N) is 4. The summed E-state index contributed by atoms with van der Waals surface area (Å²) in [6, 6.07) is 0. The maximum atomic E-state index is 4.42. The van der Waals surface area contributed by atoms with Gasteiger partial charge in [-0.3, -0.25) is 4.98 Å². The summed E-state index contributed by atoms with van der Waals surface area (Å²) >= 11 is 1.54. The highest BCUT2D eigenvalue weighted by Gasteiger charge is 2.06. The van der Waals surface area contributed by atoms with E-state index in [-0.39, 0.29) is 0 Å². The number of rotatable bonds is 2. The first-order valence-electron chi connectivity index (χ1n) is 4.41. The molecule has 0 aromatic carbocycles. The van der Waals surface area contributed by atoms with E-state index in [0.717, 1.165) is 27.8 Å². The quantitative estimate of drug-likeness (QED) is 0.752. The van der Waals surface area contributed by atoms with Crippen molar-refractivity contribution >= 4 is 11.3 Å². The third-order valence-electron chi connectivity index (χ3n) is 1.79. The van der Waals surface area contributed by atoms with Crippen LogP contribution in [0.15, 0.2) is 12.4 Å². The molecule has 0 aliphatic rings. The SMILES string of the molecule is CCc1cncc(-c2nnc(C)s2)n1. The molecular weight excluding hydrogens is 196 g/mol. The molecule has 0 saturated heterocycles. The zero-order valence-electron chi connectivity index (χ0n) is 8.06. The van der Waals surface area contributed by atoms with Crippen LogP contribution in [0.4, 0.5) is 0 Å². The van der Waals surface area contributed by atoms with E-state index in [0.29, 0.717) is 0 Å². The van der Waals surface area contributed by atoms with Crippen LogP contribution in [-0.4, -0.2) is 20.2 Å². The van der Waals surface area contributed by atoms with Crippen molar-refractivity contribution in [1.29, 1.82) is 0 Å². The van der Waals surface area contributed by atoms with Crippen molar-refractivity contribution in [2.45, 2.75) is 20.3 Å². The Hall–Kier alpha value is -1.36. The molecule has 2 rings (SSSR count). The second-order valence-corrected chi connectivity index (χ2v) is 4.06. The summed E-state index contributed by atoms with van der Waals surface area (Å²) in [5, 5.41) is 9.76. The van der Waals surface area contributed by atoms with Gasteiger partial charge in [-0.05, 0) is 13.3 Å². The molecule has 2 aromatic rings. The standard InChI is InChI=1S/C9H10N4S/c1-3-7-4-10-5-8(11-7)9-13-12-6(2)14-9/h4-5H,3H2,1-2H3. The number of aryl methyl sites for hydroxylation is 2. The molecule has 72 valence electrons. The van der Waals surface area contributed by atoms with Gasteiger partial charge in [0, 0.05) is 6.20 Å². The molecule has 0 spiro atoms. The van der Waals surface area contributed by atoms with Crippen LogP contribution in [0.2, 0.25) is 0 Å². The summed E-state index contributed by atoms with van der Waals surface area (Å²) in [6.45, 7) is 3.98. The largest absolute Gasteiger partial charge is 0.260 e. The minimum atomic E-state index is 0.815. The molecule has 2 aromatic heterocycles. The highest BCUT2D eigenvalue weighted by atomic mass is 32.1. The lowest BCUT2D eigenvalue weighted by molar-refractivity contribution is 0.990. The van der Waals surface area contributed by atoms with Crippen molar-refractivity contribution in [2.75, 3.05) is 0 Å². The van der Waals surface area contributed by atoms with Crippen molar-refractivity contribution in [3.63, 3.8) is 0 Å². The summed E-state index contributed by atoms with van der Waals surface area (Å²) in [5.41, 5.74) is 1.80. The molecule has 14 heavy (non-hydrogen) atoms. The van der Waals surface area contributed by atoms with E-state index >= 15 is 0 Å². The van der Waals surface area contributed by atoms with Crippen LogP contribution in [0.3, 0.4) is 0 Å². The van der Waals surface area contributed by atoms with Crippen LogP contribution < -0.4 is 0 Å². The van der Waals surface area contributed by atoms with Gasteiger partial charge in [0.2, 0.25) is 0 Å².